The minimum Gasteiger partial charge on any atom is -0.877 e. The Balaban J connectivity index is 0. The maximum Gasteiger partial charge on any atom is 0.420 e. The molecule has 0 rings (SSSR count). The summed E-state index contributed by atoms with van der Waals surface area (Å²) in [6.45, 7) is 10.5. The van der Waals surface area contributed by atoms with E-state index in [1.54, 1.807) is 0 Å². The van der Waals surface area contributed by atoms with Gasteiger partial charge < -0.3 is 9.59 Å². The average Bonchev–Trinajstić information content (AvgIpc) is 2.26. The molecule has 0 aliphatic carbocycles. The number of alkyl halides is 6. The Bertz CT molecular complexity index is 254. The molecule has 0 aliphatic rings. The third kappa shape index (κ3) is 7.97. The molecule has 0 aromatic heterocycles. The van der Waals surface area contributed by atoms with E-state index in [2.05, 4.69) is 27.8 Å². The molecule has 0 amide bonds. The molecular formula is C11H19F6NO. The molecular weight excluding hydrogens is 276 g/mol. The Morgan fingerprint density at radius 3 is 1.16 bits per heavy atom. The highest BCUT2D eigenvalue weighted by molar-refractivity contribution is 5.11. The Kier molecular flexibility index (Phi) is 8.18. The maximum atomic E-state index is 11.2. The average molecular weight is 295 g/mol. The quantitative estimate of drug-likeness (QED) is 0.446. The lowest BCUT2D eigenvalue weighted by molar-refractivity contribution is -0.904. The topological polar surface area (TPSA) is 23.1 Å². The van der Waals surface area contributed by atoms with E-state index in [4.69, 9.17) is 0 Å². The van der Waals surface area contributed by atoms with E-state index in [1.165, 1.54) is 24.1 Å². The molecule has 116 valence electrons. The summed E-state index contributed by atoms with van der Waals surface area (Å²) >= 11 is 0. The van der Waals surface area contributed by atoms with Crippen molar-refractivity contribution in [2.75, 3.05) is 26.7 Å². The normalized spacial score (nSPS) is 12.5. The van der Waals surface area contributed by atoms with E-state index in [1.807, 2.05) is 0 Å². The summed E-state index contributed by atoms with van der Waals surface area (Å²) in [6, 6.07) is 0. The van der Waals surface area contributed by atoms with Gasteiger partial charge in [0.05, 0.1) is 26.7 Å². The fraction of sp³-hybridized carbons (Fsp3) is 0.818. The fourth-order valence-electron chi connectivity index (χ4n) is 0.965. The summed E-state index contributed by atoms with van der Waals surface area (Å²) in [5, 5.41) is 9.32. The van der Waals surface area contributed by atoms with Crippen molar-refractivity contribution in [3.8, 4) is 0 Å². The predicted molar refractivity (Wildman–Crippen MR) is 58.0 cm³/mol. The highest BCUT2D eigenvalue weighted by Crippen LogP contribution is 2.37. The second kappa shape index (κ2) is 7.62. The zero-order valence-corrected chi connectivity index (χ0v) is 11.3. The Labute approximate surface area is 108 Å². The van der Waals surface area contributed by atoms with Gasteiger partial charge in [-0.25, -0.2) is 0 Å². The van der Waals surface area contributed by atoms with E-state index in [-0.39, 0.29) is 0 Å². The van der Waals surface area contributed by atoms with E-state index in [0.717, 1.165) is 0 Å². The van der Waals surface area contributed by atoms with Crippen LogP contribution in [0.1, 0.15) is 20.8 Å². The summed E-state index contributed by atoms with van der Waals surface area (Å²) in [6.07, 6.45) is -12.5. The van der Waals surface area contributed by atoms with Crippen molar-refractivity contribution >= 4 is 0 Å². The van der Waals surface area contributed by atoms with Crippen LogP contribution in [0.5, 0.6) is 0 Å². The first-order chi connectivity index (χ1) is 8.37. The van der Waals surface area contributed by atoms with Crippen molar-refractivity contribution in [2.45, 2.75) is 33.1 Å². The number of hydrogen-bond donors (Lipinski definition) is 0. The lowest BCUT2D eigenvalue weighted by Crippen LogP contribution is -2.42. The maximum absolute atomic E-state index is 11.2. The number of allylic oxidation sites excluding steroid dienone is 1. The molecule has 0 bridgehead atoms. The first-order valence-corrected chi connectivity index (χ1v) is 5.68. The standard InChI is InChI=1S/C7H18N.C4H2F6O/c1-5-8(4,6-2)7-3;5-3(6,7)2(1-11)4(8,9)10/h5-7H2,1-4H3;1,11H/q+1;/p-1. The van der Waals surface area contributed by atoms with Gasteiger partial charge >= 0.3 is 12.4 Å². The van der Waals surface area contributed by atoms with Crippen LogP contribution in [0.3, 0.4) is 0 Å². The molecule has 8 heteroatoms. The van der Waals surface area contributed by atoms with Gasteiger partial charge in [-0.15, -0.1) is 6.26 Å². The van der Waals surface area contributed by atoms with Crippen LogP contribution < -0.4 is 5.11 Å². The van der Waals surface area contributed by atoms with E-state index in [0.29, 0.717) is 0 Å². The molecule has 0 spiro atoms. The molecule has 19 heavy (non-hydrogen) atoms. The third-order valence-electron chi connectivity index (χ3n) is 3.02. The smallest absolute Gasteiger partial charge is 0.420 e. The van der Waals surface area contributed by atoms with Crippen LogP contribution in [-0.2, 0) is 0 Å². The molecule has 0 N–H and O–H groups in total. The van der Waals surface area contributed by atoms with Gasteiger partial charge in [0.2, 0.25) is 0 Å². The minimum atomic E-state index is -5.62. The number of rotatable bonds is 3. The molecule has 0 aromatic carbocycles. The van der Waals surface area contributed by atoms with Gasteiger partial charge in [0.25, 0.3) is 0 Å². The van der Waals surface area contributed by atoms with Crippen LogP contribution in [0.2, 0.25) is 0 Å². The van der Waals surface area contributed by atoms with Crippen LogP contribution in [-0.4, -0.2) is 43.5 Å². The first kappa shape index (κ1) is 20.4. The third-order valence-corrected chi connectivity index (χ3v) is 3.02. The number of hydrogen-bond acceptors (Lipinski definition) is 1. The van der Waals surface area contributed by atoms with Crippen molar-refractivity contribution in [3.63, 3.8) is 0 Å². The monoisotopic (exact) mass is 295 g/mol. The fourth-order valence-corrected chi connectivity index (χ4v) is 0.965. The first-order valence-electron chi connectivity index (χ1n) is 5.68. The van der Waals surface area contributed by atoms with Crippen molar-refractivity contribution in [1.29, 1.82) is 0 Å². The van der Waals surface area contributed by atoms with Crippen LogP contribution >= 0.6 is 0 Å². The number of nitrogens with zero attached hydrogens (tertiary/aromatic N) is 1. The summed E-state index contributed by atoms with van der Waals surface area (Å²) in [5.74, 6) is 0. The van der Waals surface area contributed by atoms with Gasteiger partial charge in [0, 0.05) is 0 Å². The molecule has 0 atom stereocenters. The molecule has 0 fully saturated rings. The predicted octanol–water partition coefficient (Wildman–Crippen LogP) is 2.85. The Hall–Kier alpha value is -0.920. The lowest BCUT2D eigenvalue weighted by atomic mass is 10.3. The van der Waals surface area contributed by atoms with Gasteiger partial charge in [0.15, 0.2) is 0 Å². The van der Waals surface area contributed by atoms with Gasteiger partial charge in [-0.3, -0.25) is 0 Å². The van der Waals surface area contributed by atoms with Gasteiger partial charge in [-0.1, -0.05) is 0 Å². The number of quaternary nitrogens is 1. The van der Waals surface area contributed by atoms with Gasteiger partial charge in [0.1, 0.15) is 5.57 Å². The van der Waals surface area contributed by atoms with Crippen LogP contribution in [0.15, 0.2) is 11.8 Å². The second-order valence-electron chi connectivity index (χ2n) is 4.10. The number of halogens is 6. The lowest BCUT2D eigenvalue weighted by Gasteiger charge is -2.30. The summed E-state index contributed by atoms with van der Waals surface area (Å²) in [7, 11) is 2.29. The SMILES string of the molecule is CC[N+](C)(CC)CC.[O-]C=C(C(F)(F)F)C(F)(F)F. The van der Waals surface area contributed by atoms with E-state index >= 15 is 0 Å². The molecule has 0 heterocycles. The molecule has 2 nitrogen and oxygen atoms in total. The van der Waals surface area contributed by atoms with Crippen LogP contribution in [0.25, 0.3) is 0 Å². The molecule has 0 radical (unpaired) electrons. The zero-order valence-electron chi connectivity index (χ0n) is 11.3. The largest absolute Gasteiger partial charge is 0.877 e. The molecule has 0 saturated carbocycles. The molecule has 0 aromatic rings. The van der Waals surface area contributed by atoms with Crippen molar-refractivity contribution in [1.82, 2.24) is 0 Å². The Morgan fingerprint density at radius 2 is 1.16 bits per heavy atom. The van der Waals surface area contributed by atoms with Gasteiger partial charge in [-0.05, 0) is 20.8 Å². The molecule has 0 saturated heterocycles. The van der Waals surface area contributed by atoms with Crippen molar-refractivity contribution in [3.05, 3.63) is 11.8 Å². The summed E-state index contributed by atoms with van der Waals surface area (Å²) < 4.78 is 68.6. The zero-order chi connectivity index (χ0) is 15.9. The summed E-state index contributed by atoms with van der Waals surface area (Å²) in [4.78, 5) is 0. The second-order valence-corrected chi connectivity index (χ2v) is 4.10. The van der Waals surface area contributed by atoms with Crippen LogP contribution in [0, 0.1) is 0 Å². The van der Waals surface area contributed by atoms with E-state index in [9.17, 15) is 31.4 Å². The molecule has 0 aliphatic heterocycles. The highest BCUT2D eigenvalue weighted by Gasteiger charge is 2.49. The van der Waals surface area contributed by atoms with Crippen molar-refractivity contribution < 1.29 is 35.9 Å². The summed E-state index contributed by atoms with van der Waals surface area (Å²) in [5.41, 5.74) is -3.02. The van der Waals surface area contributed by atoms with Crippen LogP contribution in [0.4, 0.5) is 26.3 Å². The van der Waals surface area contributed by atoms with E-state index < -0.39 is 24.2 Å². The molecule has 0 unspecified atom stereocenters. The van der Waals surface area contributed by atoms with Gasteiger partial charge in [-0.2, -0.15) is 26.3 Å². The minimum absolute atomic E-state index is 1.21. The highest BCUT2D eigenvalue weighted by atomic mass is 19.4. The van der Waals surface area contributed by atoms with Crippen molar-refractivity contribution in [2.24, 2.45) is 0 Å². The Morgan fingerprint density at radius 1 is 0.895 bits per heavy atom.